The second-order valence-corrected chi connectivity index (χ2v) is 3.40. The van der Waals surface area contributed by atoms with E-state index in [4.69, 9.17) is 5.73 Å². The van der Waals surface area contributed by atoms with E-state index in [0.717, 1.165) is 5.56 Å². The van der Waals surface area contributed by atoms with Gasteiger partial charge < -0.3 is 5.73 Å². The molecule has 1 aliphatic rings. The fourth-order valence-electron chi connectivity index (χ4n) is 1.52. The van der Waals surface area contributed by atoms with Gasteiger partial charge in [-0.15, -0.1) is 0 Å². The van der Waals surface area contributed by atoms with Crippen LogP contribution in [0.25, 0.3) is 0 Å². The van der Waals surface area contributed by atoms with E-state index >= 15 is 0 Å². The van der Waals surface area contributed by atoms with E-state index in [0.29, 0.717) is 30.3 Å². The first kappa shape index (κ1) is 8.16. The first-order valence-electron chi connectivity index (χ1n) is 4.27. The number of hydrogen-bond acceptors (Lipinski definition) is 4. The van der Waals surface area contributed by atoms with Crippen molar-refractivity contribution in [3.05, 3.63) is 17.6 Å². The molecule has 4 heteroatoms. The molecular weight excluding hydrogens is 166 g/mol. The molecule has 68 valence electrons. The SMILES string of the molecule is Cc1ncc(C2CC(=O)C2)c(N)n1. The molecule has 13 heavy (non-hydrogen) atoms. The van der Waals surface area contributed by atoms with Crippen LogP contribution in [0, 0.1) is 6.92 Å². The van der Waals surface area contributed by atoms with Crippen LogP contribution in [0.2, 0.25) is 0 Å². The molecule has 0 bridgehead atoms. The number of nitrogens with zero attached hydrogens (tertiary/aromatic N) is 2. The molecular formula is C9H11N3O. The highest BCUT2D eigenvalue weighted by atomic mass is 16.1. The van der Waals surface area contributed by atoms with E-state index in [2.05, 4.69) is 9.97 Å². The molecule has 0 radical (unpaired) electrons. The number of nitrogens with two attached hydrogens (primary N) is 1. The zero-order valence-corrected chi connectivity index (χ0v) is 7.45. The van der Waals surface area contributed by atoms with Gasteiger partial charge in [0.25, 0.3) is 0 Å². The minimum atomic E-state index is 0.257. The van der Waals surface area contributed by atoms with Crippen molar-refractivity contribution in [2.75, 3.05) is 5.73 Å². The number of Topliss-reactive ketones (excluding diaryl/α,β-unsaturated/α-hetero) is 1. The van der Waals surface area contributed by atoms with E-state index < -0.39 is 0 Å². The number of carbonyl (C=O) groups is 1. The molecule has 1 aromatic rings. The number of anilines is 1. The molecule has 2 N–H and O–H groups in total. The number of nitrogen functional groups attached to an aromatic ring is 1. The minimum Gasteiger partial charge on any atom is -0.383 e. The third-order valence-electron chi connectivity index (χ3n) is 2.36. The van der Waals surface area contributed by atoms with Gasteiger partial charge >= 0.3 is 0 Å². The summed E-state index contributed by atoms with van der Waals surface area (Å²) in [6.07, 6.45) is 2.92. The molecule has 0 saturated heterocycles. The van der Waals surface area contributed by atoms with Crippen LogP contribution in [-0.4, -0.2) is 15.8 Å². The summed E-state index contributed by atoms with van der Waals surface area (Å²) in [6.45, 7) is 1.80. The molecule has 1 fully saturated rings. The maximum atomic E-state index is 10.8. The molecule has 0 aliphatic heterocycles. The standard InChI is InChI=1S/C9H11N3O/c1-5-11-4-8(9(10)12-5)6-2-7(13)3-6/h4,6H,2-3H2,1H3,(H2,10,11,12). The average Bonchev–Trinajstić information content (AvgIpc) is 2.00. The van der Waals surface area contributed by atoms with Gasteiger partial charge in [-0.2, -0.15) is 0 Å². The van der Waals surface area contributed by atoms with Gasteiger partial charge in [0, 0.05) is 30.5 Å². The lowest BCUT2D eigenvalue weighted by atomic mass is 9.79. The second-order valence-electron chi connectivity index (χ2n) is 3.40. The van der Waals surface area contributed by atoms with Crippen LogP contribution in [0.3, 0.4) is 0 Å². The van der Waals surface area contributed by atoms with Crippen LogP contribution in [0.5, 0.6) is 0 Å². The normalized spacial score (nSPS) is 17.2. The summed E-state index contributed by atoms with van der Waals surface area (Å²) in [4.78, 5) is 18.9. The molecule has 2 rings (SSSR count). The smallest absolute Gasteiger partial charge is 0.134 e. The van der Waals surface area contributed by atoms with E-state index in [-0.39, 0.29) is 5.92 Å². The molecule has 0 amide bonds. The third-order valence-corrected chi connectivity index (χ3v) is 2.36. The Morgan fingerprint density at radius 1 is 1.54 bits per heavy atom. The Bertz CT molecular complexity index is 354. The van der Waals surface area contributed by atoms with Gasteiger partial charge in [0.1, 0.15) is 17.4 Å². The van der Waals surface area contributed by atoms with Gasteiger partial charge in [-0.3, -0.25) is 4.79 Å². The van der Waals surface area contributed by atoms with Crippen molar-refractivity contribution >= 4 is 11.6 Å². The summed E-state index contributed by atoms with van der Waals surface area (Å²) < 4.78 is 0. The maximum Gasteiger partial charge on any atom is 0.134 e. The monoisotopic (exact) mass is 177 g/mol. The molecule has 1 aliphatic carbocycles. The molecule has 0 aromatic carbocycles. The van der Waals surface area contributed by atoms with Crippen LogP contribution < -0.4 is 5.73 Å². The topological polar surface area (TPSA) is 68.9 Å². The van der Waals surface area contributed by atoms with Crippen LogP contribution in [0.4, 0.5) is 5.82 Å². The van der Waals surface area contributed by atoms with Crippen LogP contribution in [0.1, 0.15) is 30.1 Å². The zero-order valence-electron chi connectivity index (χ0n) is 7.45. The largest absolute Gasteiger partial charge is 0.383 e. The Morgan fingerprint density at radius 2 is 2.23 bits per heavy atom. The van der Waals surface area contributed by atoms with Gasteiger partial charge in [0.15, 0.2) is 0 Å². The van der Waals surface area contributed by atoms with Crippen molar-refractivity contribution in [3.8, 4) is 0 Å². The van der Waals surface area contributed by atoms with Crippen molar-refractivity contribution in [1.29, 1.82) is 0 Å². The Morgan fingerprint density at radius 3 is 2.77 bits per heavy atom. The lowest BCUT2D eigenvalue weighted by molar-refractivity contribution is -0.124. The van der Waals surface area contributed by atoms with Crippen molar-refractivity contribution < 1.29 is 4.79 Å². The Balaban J connectivity index is 2.26. The second kappa shape index (κ2) is 2.80. The van der Waals surface area contributed by atoms with Gasteiger partial charge in [-0.1, -0.05) is 0 Å². The summed E-state index contributed by atoms with van der Waals surface area (Å²) >= 11 is 0. The van der Waals surface area contributed by atoms with Gasteiger partial charge in [-0.25, -0.2) is 9.97 Å². The van der Waals surface area contributed by atoms with Crippen molar-refractivity contribution in [3.63, 3.8) is 0 Å². The number of rotatable bonds is 1. The summed E-state index contributed by atoms with van der Waals surface area (Å²) in [5.41, 5.74) is 6.64. The van der Waals surface area contributed by atoms with Crippen molar-refractivity contribution in [2.45, 2.75) is 25.7 Å². The van der Waals surface area contributed by atoms with E-state index in [1.807, 2.05) is 0 Å². The predicted molar refractivity (Wildman–Crippen MR) is 48.2 cm³/mol. The predicted octanol–water partition coefficient (Wildman–Crippen LogP) is 0.814. The summed E-state index contributed by atoms with van der Waals surface area (Å²) in [5.74, 6) is 1.75. The third kappa shape index (κ3) is 1.39. The Labute approximate surface area is 76.2 Å². The summed E-state index contributed by atoms with van der Waals surface area (Å²) in [7, 11) is 0. The number of carbonyl (C=O) groups excluding carboxylic acids is 1. The molecule has 1 saturated carbocycles. The highest BCUT2D eigenvalue weighted by Crippen LogP contribution is 2.35. The lowest BCUT2D eigenvalue weighted by Gasteiger charge is -2.24. The van der Waals surface area contributed by atoms with Gasteiger partial charge in [0.05, 0.1) is 0 Å². The molecule has 0 atom stereocenters. The molecule has 1 aromatic heterocycles. The van der Waals surface area contributed by atoms with Crippen LogP contribution in [0.15, 0.2) is 6.20 Å². The van der Waals surface area contributed by atoms with E-state index in [1.54, 1.807) is 13.1 Å². The van der Waals surface area contributed by atoms with Crippen molar-refractivity contribution in [2.24, 2.45) is 0 Å². The number of ketones is 1. The zero-order chi connectivity index (χ0) is 9.42. The Kier molecular flexibility index (Phi) is 1.76. The number of aryl methyl sites for hydroxylation is 1. The fourth-order valence-corrected chi connectivity index (χ4v) is 1.52. The first-order valence-corrected chi connectivity index (χ1v) is 4.27. The Hall–Kier alpha value is -1.45. The van der Waals surface area contributed by atoms with Crippen LogP contribution in [-0.2, 0) is 4.79 Å². The van der Waals surface area contributed by atoms with E-state index in [9.17, 15) is 4.79 Å². The highest BCUT2D eigenvalue weighted by Gasteiger charge is 2.29. The van der Waals surface area contributed by atoms with Gasteiger partial charge in [0.2, 0.25) is 0 Å². The fraction of sp³-hybridized carbons (Fsp3) is 0.444. The van der Waals surface area contributed by atoms with Crippen LogP contribution >= 0.6 is 0 Å². The minimum absolute atomic E-state index is 0.257. The van der Waals surface area contributed by atoms with Gasteiger partial charge in [-0.05, 0) is 6.92 Å². The summed E-state index contributed by atoms with van der Waals surface area (Å²) in [5, 5.41) is 0. The molecule has 0 unspecified atom stereocenters. The maximum absolute atomic E-state index is 10.8. The quantitative estimate of drug-likeness (QED) is 0.689. The average molecular weight is 177 g/mol. The summed E-state index contributed by atoms with van der Waals surface area (Å²) in [6, 6.07) is 0. The molecule has 4 nitrogen and oxygen atoms in total. The molecule has 1 heterocycles. The highest BCUT2D eigenvalue weighted by molar-refractivity contribution is 5.86. The van der Waals surface area contributed by atoms with E-state index in [1.165, 1.54) is 0 Å². The van der Waals surface area contributed by atoms with Crippen molar-refractivity contribution in [1.82, 2.24) is 9.97 Å². The lowest BCUT2D eigenvalue weighted by Crippen LogP contribution is -2.22. The molecule has 0 spiro atoms. The number of hydrogen-bond donors (Lipinski definition) is 1. The number of aromatic nitrogens is 2. The first-order chi connectivity index (χ1) is 6.16.